The smallest absolute Gasteiger partial charge is 0.407 e. The standard InChI is InChI=1S/C28H32N2O5/c1-28(2,15-25(31)30-18-11-12-19(30)14-17(13-18)26(32)33)29-27(34)35-16-24-22-9-5-3-7-20(22)21-8-4-6-10-23(21)24/h3-10,17-19,24H,11-16H2,1-2H3,(H,29,34)(H,32,33). The molecule has 7 heteroatoms. The van der Waals surface area contributed by atoms with Crippen LogP contribution in [0.25, 0.3) is 11.1 Å². The Morgan fingerprint density at radius 2 is 1.51 bits per heavy atom. The Balaban J connectivity index is 1.18. The molecule has 2 N–H and O–H groups in total. The van der Waals surface area contributed by atoms with Gasteiger partial charge in [0.2, 0.25) is 5.91 Å². The van der Waals surface area contributed by atoms with Crippen LogP contribution in [0.15, 0.2) is 48.5 Å². The predicted molar refractivity (Wildman–Crippen MR) is 131 cm³/mol. The highest BCUT2D eigenvalue weighted by molar-refractivity contribution is 5.81. The highest BCUT2D eigenvalue weighted by Crippen LogP contribution is 2.44. The Morgan fingerprint density at radius 3 is 2.06 bits per heavy atom. The van der Waals surface area contributed by atoms with Crippen molar-refractivity contribution < 1.29 is 24.2 Å². The third-order valence-electron chi connectivity index (χ3n) is 7.75. The Hall–Kier alpha value is -3.35. The molecule has 2 heterocycles. The molecule has 5 rings (SSSR count). The van der Waals surface area contributed by atoms with Crippen LogP contribution >= 0.6 is 0 Å². The van der Waals surface area contributed by atoms with E-state index in [1.54, 1.807) is 0 Å². The van der Waals surface area contributed by atoms with Crippen LogP contribution in [0.3, 0.4) is 0 Å². The van der Waals surface area contributed by atoms with E-state index in [0.29, 0.717) is 12.8 Å². The quantitative estimate of drug-likeness (QED) is 0.638. The minimum atomic E-state index is -0.789. The zero-order chi connectivity index (χ0) is 24.7. The van der Waals surface area contributed by atoms with Gasteiger partial charge in [0, 0.05) is 30.0 Å². The Labute approximate surface area is 205 Å². The first kappa shape index (κ1) is 23.4. The van der Waals surface area contributed by atoms with E-state index in [0.717, 1.165) is 24.0 Å². The molecule has 2 saturated heterocycles. The second kappa shape index (κ2) is 9.02. The highest BCUT2D eigenvalue weighted by atomic mass is 16.5. The number of carbonyl (C=O) groups is 3. The molecule has 2 amide bonds. The van der Waals surface area contributed by atoms with Gasteiger partial charge in [-0.05, 0) is 61.8 Å². The Morgan fingerprint density at radius 1 is 0.971 bits per heavy atom. The molecule has 2 unspecified atom stereocenters. The van der Waals surface area contributed by atoms with E-state index in [1.807, 2.05) is 43.0 Å². The first-order valence-electron chi connectivity index (χ1n) is 12.4. The number of benzene rings is 2. The average Bonchev–Trinajstić information content (AvgIpc) is 3.27. The number of aliphatic carboxylic acids is 1. The minimum Gasteiger partial charge on any atom is -0.481 e. The van der Waals surface area contributed by atoms with Crippen molar-refractivity contribution in [2.24, 2.45) is 5.92 Å². The van der Waals surface area contributed by atoms with Crippen LogP contribution in [-0.4, -0.2) is 52.2 Å². The number of nitrogens with one attached hydrogen (secondary N) is 1. The molecule has 2 aliphatic heterocycles. The number of amides is 2. The normalized spacial score (nSPS) is 22.9. The topological polar surface area (TPSA) is 95.9 Å². The molecule has 35 heavy (non-hydrogen) atoms. The van der Waals surface area contributed by atoms with E-state index in [4.69, 9.17) is 4.74 Å². The number of nitrogens with zero attached hydrogens (tertiary/aromatic N) is 1. The number of hydrogen-bond donors (Lipinski definition) is 2. The molecule has 2 fully saturated rings. The van der Waals surface area contributed by atoms with Gasteiger partial charge in [0.15, 0.2) is 0 Å². The Kier molecular flexibility index (Phi) is 6.03. The van der Waals surface area contributed by atoms with E-state index in [2.05, 4.69) is 29.6 Å². The SMILES string of the molecule is CC(C)(CC(=O)N1C2CCC1CC(C(=O)O)C2)NC(=O)OCC1c2ccccc2-c2ccccc21. The van der Waals surface area contributed by atoms with Crippen molar-refractivity contribution in [3.05, 3.63) is 59.7 Å². The van der Waals surface area contributed by atoms with Crippen molar-refractivity contribution in [1.82, 2.24) is 10.2 Å². The van der Waals surface area contributed by atoms with E-state index < -0.39 is 17.6 Å². The van der Waals surface area contributed by atoms with Crippen molar-refractivity contribution in [2.45, 2.75) is 69.5 Å². The zero-order valence-electron chi connectivity index (χ0n) is 20.2. The van der Waals surface area contributed by atoms with Crippen LogP contribution in [0.4, 0.5) is 4.79 Å². The van der Waals surface area contributed by atoms with E-state index >= 15 is 0 Å². The van der Waals surface area contributed by atoms with Gasteiger partial charge >= 0.3 is 12.1 Å². The van der Waals surface area contributed by atoms with Crippen molar-refractivity contribution in [3.8, 4) is 11.1 Å². The lowest BCUT2D eigenvalue weighted by molar-refractivity contribution is -0.148. The van der Waals surface area contributed by atoms with Gasteiger partial charge in [-0.1, -0.05) is 48.5 Å². The number of carboxylic acids is 1. The Bertz CT molecular complexity index is 1100. The van der Waals surface area contributed by atoms with Gasteiger partial charge in [0.05, 0.1) is 5.92 Å². The van der Waals surface area contributed by atoms with Gasteiger partial charge in [0.1, 0.15) is 6.61 Å². The van der Waals surface area contributed by atoms with Gasteiger partial charge in [0.25, 0.3) is 0 Å². The summed E-state index contributed by atoms with van der Waals surface area (Å²) in [4.78, 5) is 39.2. The van der Waals surface area contributed by atoms with Crippen LogP contribution in [0.5, 0.6) is 0 Å². The van der Waals surface area contributed by atoms with Crippen LogP contribution in [0.2, 0.25) is 0 Å². The average molecular weight is 477 g/mol. The third kappa shape index (κ3) is 4.51. The molecule has 2 aromatic carbocycles. The lowest BCUT2D eigenvalue weighted by Crippen LogP contribution is -2.52. The fourth-order valence-corrected chi connectivity index (χ4v) is 6.21. The number of hydrogen-bond acceptors (Lipinski definition) is 4. The summed E-state index contributed by atoms with van der Waals surface area (Å²) in [5, 5.41) is 12.3. The summed E-state index contributed by atoms with van der Waals surface area (Å²) < 4.78 is 5.66. The first-order valence-corrected chi connectivity index (χ1v) is 12.4. The van der Waals surface area contributed by atoms with Gasteiger partial charge in [-0.2, -0.15) is 0 Å². The molecule has 0 saturated carbocycles. The van der Waals surface area contributed by atoms with Crippen molar-refractivity contribution in [1.29, 1.82) is 0 Å². The fourth-order valence-electron chi connectivity index (χ4n) is 6.21. The van der Waals surface area contributed by atoms with Crippen LogP contribution in [-0.2, 0) is 14.3 Å². The lowest BCUT2D eigenvalue weighted by Gasteiger charge is -2.39. The molecule has 2 aromatic rings. The number of fused-ring (bicyclic) bond motifs is 5. The number of ether oxygens (including phenoxy) is 1. The molecule has 7 nitrogen and oxygen atoms in total. The summed E-state index contributed by atoms with van der Waals surface area (Å²) in [5.41, 5.74) is 3.85. The summed E-state index contributed by atoms with van der Waals surface area (Å²) in [5.74, 6) is -1.20. The molecule has 3 aliphatic rings. The molecule has 0 radical (unpaired) electrons. The number of alkyl carbamates (subject to hydrolysis) is 1. The zero-order valence-corrected chi connectivity index (χ0v) is 20.2. The molecule has 2 bridgehead atoms. The number of carboxylic acid groups (broad SMARTS) is 1. The molecule has 0 spiro atoms. The monoisotopic (exact) mass is 476 g/mol. The number of carbonyl (C=O) groups excluding carboxylic acids is 2. The maximum atomic E-state index is 13.2. The van der Waals surface area contributed by atoms with Crippen molar-refractivity contribution in [2.75, 3.05) is 6.61 Å². The van der Waals surface area contributed by atoms with Gasteiger partial charge in [-0.15, -0.1) is 0 Å². The number of piperidine rings is 1. The predicted octanol–water partition coefficient (Wildman–Crippen LogP) is 4.55. The van der Waals surface area contributed by atoms with Crippen LogP contribution in [0.1, 0.15) is 63.0 Å². The van der Waals surface area contributed by atoms with Crippen LogP contribution in [0, 0.1) is 5.92 Å². The second-order valence-electron chi connectivity index (χ2n) is 10.7. The molecule has 0 aromatic heterocycles. The molecule has 1 aliphatic carbocycles. The van der Waals surface area contributed by atoms with Gasteiger partial charge in [-0.3, -0.25) is 9.59 Å². The summed E-state index contributed by atoms with van der Waals surface area (Å²) in [7, 11) is 0. The largest absolute Gasteiger partial charge is 0.481 e. The van der Waals surface area contributed by atoms with E-state index in [1.165, 1.54) is 11.1 Å². The first-order chi connectivity index (χ1) is 16.7. The van der Waals surface area contributed by atoms with Crippen LogP contribution < -0.4 is 5.32 Å². The molecular weight excluding hydrogens is 444 g/mol. The fraction of sp³-hybridized carbons (Fsp3) is 0.464. The lowest BCUT2D eigenvalue weighted by atomic mass is 9.89. The van der Waals surface area contributed by atoms with Crippen molar-refractivity contribution in [3.63, 3.8) is 0 Å². The summed E-state index contributed by atoms with van der Waals surface area (Å²) in [6.07, 6.45) is 2.32. The molecule has 2 atom stereocenters. The summed E-state index contributed by atoms with van der Waals surface area (Å²) in [6, 6.07) is 16.3. The third-order valence-corrected chi connectivity index (χ3v) is 7.75. The number of rotatable bonds is 6. The van der Waals surface area contributed by atoms with E-state index in [-0.39, 0.29) is 42.9 Å². The van der Waals surface area contributed by atoms with Crippen molar-refractivity contribution >= 4 is 18.0 Å². The summed E-state index contributed by atoms with van der Waals surface area (Å²) in [6.45, 7) is 3.85. The molecular formula is C28H32N2O5. The second-order valence-corrected chi connectivity index (χ2v) is 10.7. The maximum Gasteiger partial charge on any atom is 0.407 e. The highest BCUT2D eigenvalue weighted by Gasteiger charge is 2.46. The van der Waals surface area contributed by atoms with Gasteiger partial charge < -0.3 is 20.1 Å². The van der Waals surface area contributed by atoms with Gasteiger partial charge in [-0.25, -0.2) is 4.79 Å². The van der Waals surface area contributed by atoms with E-state index in [9.17, 15) is 19.5 Å². The maximum absolute atomic E-state index is 13.2. The minimum absolute atomic E-state index is 0.0207. The molecule has 184 valence electrons. The summed E-state index contributed by atoms with van der Waals surface area (Å²) >= 11 is 0.